The van der Waals surface area contributed by atoms with Crippen LogP contribution in [0.2, 0.25) is 0 Å². The Morgan fingerprint density at radius 2 is 1.97 bits per heavy atom. The maximum absolute atomic E-state index is 13.2. The summed E-state index contributed by atoms with van der Waals surface area (Å²) in [6.45, 7) is 4.09. The highest BCUT2D eigenvalue weighted by atomic mass is 16.5. The number of hydrogen-bond donors (Lipinski definition) is 2. The van der Waals surface area contributed by atoms with Gasteiger partial charge in [-0.2, -0.15) is 0 Å². The molecular formula is C23H27NO5. The van der Waals surface area contributed by atoms with Crippen LogP contribution in [-0.2, 0) is 14.3 Å². The first kappa shape index (κ1) is 19.6. The third-order valence-corrected chi connectivity index (χ3v) is 6.19. The number of benzene rings is 1. The molecule has 6 nitrogen and oxygen atoms in total. The minimum Gasteiger partial charge on any atom is -0.504 e. The first-order valence-electron chi connectivity index (χ1n) is 10.3. The molecule has 1 aromatic carbocycles. The fraction of sp³-hybridized carbons (Fsp3) is 0.478. The molecule has 1 aliphatic heterocycles. The van der Waals surface area contributed by atoms with Gasteiger partial charge in [-0.1, -0.05) is 12.6 Å². The molecule has 3 aliphatic rings. The number of nitrogens with one attached hydrogen (secondary N) is 1. The van der Waals surface area contributed by atoms with E-state index in [1.165, 1.54) is 7.11 Å². The molecule has 0 saturated heterocycles. The van der Waals surface area contributed by atoms with Crippen LogP contribution in [0.5, 0.6) is 11.5 Å². The van der Waals surface area contributed by atoms with Crippen molar-refractivity contribution in [1.29, 1.82) is 0 Å². The molecule has 0 amide bonds. The number of allylic oxidation sites excluding steroid dienone is 2. The number of carbonyl (C=O) groups excluding carboxylic acids is 2. The van der Waals surface area contributed by atoms with Crippen LogP contribution >= 0.6 is 0 Å². The number of ketones is 1. The summed E-state index contributed by atoms with van der Waals surface area (Å²) in [5.74, 6) is -1.26. The molecular weight excluding hydrogens is 370 g/mol. The standard InChI is InChI=1S/C23H27NO5/c1-13-20(23(27)29-15-6-3-4-7-15)21(14-10-11-19(28-2)18(26)12-14)22-16(24-13)8-5-9-17(22)25/h10-12,15,20-21,24,26H,1,3-9H2,2H3. The average molecular weight is 397 g/mol. The van der Waals surface area contributed by atoms with Gasteiger partial charge < -0.3 is 19.9 Å². The lowest BCUT2D eigenvalue weighted by Gasteiger charge is -2.38. The van der Waals surface area contributed by atoms with E-state index in [9.17, 15) is 14.7 Å². The van der Waals surface area contributed by atoms with E-state index in [1.807, 2.05) is 0 Å². The average Bonchev–Trinajstić information content (AvgIpc) is 3.20. The number of hydrogen-bond acceptors (Lipinski definition) is 6. The van der Waals surface area contributed by atoms with E-state index < -0.39 is 11.8 Å². The summed E-state index contributed by atoms with van der Waals surface area (Å²) >= 11 is 0. The Kier molecular flexibility index (Phi) is 5.35. The lowest BCUT2D eigenvalue weighted by atomic mass is 9.71. The topological polar surface area (TPSA) is 84.9 Å². The quantitative estimate of drug-likeness (QED) is 0.754. The maximum Gasteiger partial charge on any atom is 0.316 e. The fourth-order valence-corrected chi connectivity index (χ4v) is 4.78. The molecule has 2 unspecified atom stereocenters. The summed E-state index contributed by atoms with van der Waals surface area (Å²) in [4.78, 5) is 26.1. The molecule has 2 N–H and O–H groups in total. The SMILES string of the molecule is C=C1NC2=C(C(=O)CCC2)C(c2ccc(OC)c(O)c2)C1C(=O)OC1CCCC1. The summed E-state index contributed by atoms with van der Waals surface area (Å²) in [6.07, 6.45) is 5.77. The predicted octanol–water partition coefficient (Wildman–Crippen LogP) is 3.71. The number of phenolic OH excluding ortho intramolecular Hbond substituents is 1. The summed E-state index contributed by atoms with van der Waals surface area (Å²) in [7, 11) is 1.48. The molecule has 154 valence electrons. The zero-order chi connectivity index (χ0) is 20.5. The third kappa shape index (κ3) is 3.63. The summed E-state index contributed by atoms with van der Waals surface area (Å²) in [5.41, 5.74) is 2.67. The molecule has 2 atom stereocenters. The Hall–Kier alpha value is -2.76. The number of ether oxygens (including phenoxy) is 2. The highest BCUT2D eigenvalue weighted by Crippen LogP contribution is 2.46. The summed E-state index contributed by atoms with van der Waals surface area (Å²) in [5, 5.41) is 13.5. The minimum absolute atomic E-state index is 0.0255. The van der Waals surface area contributed by atoms with Gasteiger partial charge in [0.2, 0.25) is 0 Å². The first-order chi connectivity index (χ1) is 14.0. The molecule has 6 heteroatoms. The van der Waals surface area contributed by atoms with E-state index in [4.69, 9.17) is 9.47 Å². The van der Waals surface area contributed by atoms with Crippen LogP contribution in [0.15, 0.2) is 41.7 Å². The van der Waals surface area contributed by atoms with E-state index in [2.05, 4.69) is 11.9 Å². The van der Waals surface area contributed by atoms with E-state index in [0.29, 0.717) is 29.0 Å². The van der Waals surface area contributed by atoms with E-state index >= 15 is 0 Å². The summed E-state index contributed by atoms with van der Waals surface area (Å²) < 4.78 is 11.0. The van der Waals surface area contributed by atoms with Crippen molar-refractivity contribution in [2.24, 2.45) is 5.92 Å². The summed E-state index contributed by atoms with van der Waals surface area (Å²) in [6, 6.07) is 5.02. The molecule has 1 heterocycles. The molecule has 1 fully saturated rings. The normalized spacial score (nSPS) is 24.9. The van der Waals surface area contributed by atoms with Crippen LogP contribution in [-0.4, -0.2) is 30.1 Å². The Morgan fingerprint density at radius 3 is 2.66 bits per heavy atom. The largest absolute Gasteiger partial charge is 0.504 e. The first-order valence-corrected chi connectivity index (χ1v) is 10.3. The Balaban J connectivity index is 1.76. The van der Waals surface area contributed by atoms with Crippen molar-refractivity contribution >= 4 is 11.8 Å². The molecule has 29 heavy (non-hydrogen) atoms. The monoisotopic (exact) mass is 397 g/mol. The Bertz CT molecular complexity index is 881. The zero-order valence-corrected chi connectivity index (χ0v) is 16.7. The second-order valence-corrected chi connectivity index (χ2v) is 8.05. The lowest BCUT2D eigenvalue weighted by molar-refractivity contribution is -0.153. The van der Waals surface area contributed by atoms with Gasteiger partial charge in [0, 0.05) is 29.3 Å². The van der Waals surface area contributed by atoms with Crippen LogP contribution in [0.25, 0.3) is 0 Å². The van der Waals surface area contributed by atoms with Crippen molar-refractivity contribution in [2.45, 2.75) is 57.0 Å². The van der Waals surface area contributed by atoms with Crippen molar-refractivity contribution in [3.05, 3.63) is 47.3 Å². The van der Waals surface area contributed by atoms with Crippen molar-refractivity contribution < 1.29 is 24.2 Å². The molecule has 0 bridgehead atoms. The number of esters is 1. The number of Topliss-reactive ketones (excluding diaryl/α,β-unsaturated/α-hetero) is 1. The molecule has 4 rings (SSSR count). The maximum atomic E-state index is 13.2. The highest BCUT2D eigenvalue weighted by molar-refractivity contribution is 6.00. The van der Waals surface area contributed by atoms with Gasteiger partial charge >= 0.3 is 5.97 Å². The number of carbonyl (C=O) groups is 2. The van der Waals surface area contributed by atoms with E-state index in [0.717, 1.165) is 44.2 Å². The Morgan fingerprint density at radius 1 is 1.21 bits per heavy atom. The van der Waals surface area contributed by atoms with Gasteiger partial charge in [-0.05, 0) is 56.2 Å². The van der Waals surface area contributed by atoms with Crippen molar-refractivity contribution in [2.75, 3.05) is 7.11 Å². The van der Waals surface area contributed by atoms with Gasteiger partial charge in [0.05, 0.1) is 7.11 Å². The fourth-order valence-electron chi connectivity index (χ4n) is 4.78. The van der Waals surface area contributed by atoms with Crippen LogP contribution in [0.1, 0.15) is 56.4 Å². The van der Waals surface area contributed by atoms with Crippen molar-refractivity contribution in [3.63, 3.8) is 0 Å². The van der Waals surface area contributed by atoms with E-state index in [-0.39, 0.29) is 23.6 Å². The molecule has 1 saturated carbocycles. The van der Waals surface area contributed by atoms with E-state index in [1.54, 1.807) is 18.2 Å². The number of methoxy groups -OCH3 is 1. The van der Waals surface area contributed by atoms with Crippen LogP contribution in [0, 0.1) is 5.92 Å². The number of phenols is 1. The van der Waals surface area contributed by atoms with Gasteiger partial charge in [0.1, 0.15) is 12.0 Å². The molecule has 0 aromatic heterocycles. The van der Waals surface area contributed by atoms with Crippen LogP contribution in [0.4, 0.5) is 0 Å². The third-order valence-electron chi connectivity index (χ3n) is 6.19. The predicted molar refractivity (Wildman–Crippen MR) is 107 cm³/mol. The second-order valence-electron chi connectivity index (χ2n) is 8.05. The minimum atomic E-state index is -0.718. The van der Waals surface area contributed by atoms with Crippen molar-refractivity contribution in [1.82, 2.24) is 5.32 Å². The van der Waals surface area contributed by atoms with Gasteiger partial charge in [0.15, 0.2) is 17.3 Å². The van der Waals surface area contributed by atoms with Crippen LogP contribution < -0.4 is 10.1 Å². The Labute approximate surface area is 170 Å². The number of aromatic hydroxyl groups is 1. The lowest BCUT2D eigenvalue weighted by Crippen LogP contribution is -2.41. The van der Waals surface area contributed by atoms with Crippen LogP contribution in [0.3, 0.4) is 0 Å². The second kappa shape index (κ2) is 7.93. The van der Waals surface area contributed by atoms with Crippen molar-refractivity contribution in [3.8, 4) is 11.5 Å². The van der Waals surface area contributed by atoms with Gasteiger partial charge in [-0.15, -0.1) is 0 Å². The van der Waals surface area contributed by atoms with Gasteiger partial charge in [0.25, 0.3) is 0 Å². The number of rotatable bonds is 4. The smallest absolute Gasteiger partial charge is 0.316 e. The molecule has 1 aromatic rings. The molecule has 0 radical (unpaired) electrons. The highest BCUT2D eigenvalue weighted by Gasteiger charge is 2.44. The zero-order valence-electron chi connectivity index (χ0n) is 16.7. The molecule has 0 spiro atoms. The van der Waals surface area contributed by atoms with Gasteiger partial charge in [-0.3, -0.25) is 9.59 Å². The van der Waals surface area contributed by atoms with Gasteiger partial charge in [-0.25, -0.2) is 0 Å². The molecule has 2 aliphatic carbocycles.